The Kier molecular flexibility index (Phi) is 4.62. The average molecular weight is 349 g/mol. The summed E-state index contributed by atoms with van der Waals surface area (Å²) in [6, 6.07) is 11.5. The molecule has 1 amide bonds. The number of hydrogen-bond acceptors (Lipinski definition) is 2. The Morgan fingerprint density at radius 1 is 1.22 bits per heavy atom. The Labute approximate surface area is 146 Å². The molecule has 5 heteroatoms. The Balaban J connectivity index is 2.02. The van der Waals surface area contributed by atoms with Gasteiger partial charge in [-0.1, -0.05) is 35.3 Å². The van der Waals surface area contributed by atoms with Crippen molar-refractivity contribution in [2.24, 2.45) is 0 Å². The number of fused-ring (bicyclic) bond motifs is 1. The van der Waals surface area contributed by atoms with Crippen LogP contribution < -0.4 is 5.32 Å². The van der Waals surface area contributed by atoms with Gasteiger partial charge < -0.3 is 10.2 Å². The minimum absolute atomic E-state index is 0.0798. The van der Waals surface area contributed by atoms with Crippen LogP contribution in [0, 0.1) is 0 Å². The minimum Gasteiger partial charge on any atom is -0.355 e. The molecule has 1 heterocycles. The topological polar surface area (TPSA) is 32.3 Å². The van der Waals surface area contributed by atoms with Gasteiger partial charge in [-0.2, -0.15) is 0 Å². The van der Waals surface area contributed by atoms with E-state index in [0.717, 1.165) is 24.2 Å². The summed E-state index contributed by atoms with van der Waals surface area (Å²) in [4.78, 5) is 13.9. The fourth-order valence-corrected chi connectivity index (χ4v) is 3.71. The van der Waals surface area contributed by atoms with Crippen molar-refractivity contribution < 1.29 is 4.79 Å². The van der Waals surface area contributed by atoms with Gasteiger partial charge in [-0.15, -0.1) is 0 Å². The van der Waals surface area contributed by atoms with Gasteiger partial charge in [-0.05, 0) is 48.0 Å². The highest BCUT2D eigenvalue weighted by atomic mass is 35.5. The van der Waals surface area contributed by atoms with Crippen molar-refractivity contribution in [1.82, 2.24) is 10.2 Å². The predicted octanol–water partition coefficient (Wildman–Crippen LogP) is 3.93. The van der Waals surface area contributed by atoms with E-state index >= 15 is 0 Å². The smallest absolute Gasteiger partial charge is 0.251 e. The van der Waals surface area contributed by atoms with Gasteiger partial charge in [0.25, 0.3) is 5.91 Å². The first-order valence-electron chi connectivity index (χ1n) is 7.48. The summed E-state index contributed by atoms with van der Waals surface area (Å²) in [6.07, 6.45) is 0. The SMILES string of the molecule is CNC(=O)c1ccc(C2CN(C)Cc3c(Cl)cc(Cl)cc32)cc1. The van der Waals surface area contributed by atoms with Crippen LogP contribution in [0.25, 0.3) is 0 Å². The normalized spacial score (nSPS) is 17.7. The average Bonchev–Trinajstić information content (AvgIpc) is 2.54. The predicted molar refractivity (Wildman–Crippen MR) is 94.5 cm³/mol. The van der Waals surface area contributed by atoms with Crippen LogP contribution in [0.1, 0.15) is 33.0 Å². The fraction of sp³-hybridized carbons (Fsp3) is 0.278. The molecule has 1 aliphatic heterocycles. The molecule has 120 valence electrons. The van der Waals surface area contributed by atoms with Gasteiger partial charge in [0.2, 0.25) is 0 Å². The maximum absolute atomic E-state index is 11.7. The van der Waals surface area contributed by atoms with E-state index in [1.807, 2.05) is 30.3 Å². The molecular formula is C18H18Cl2N2O. The molecule has 1 N–H and O–H groups in total. The van der Waals surface area contributed by atoms with Crippen LogP contribution in [0.5, 0.6) is 0 Å². The number of amides is 1. The van der Waals surface area contributed by atoms with E-state index < -0.39 is 0 Å². The van der Waals surface area contributed by atoms with E-state index in [2.05, 4.69) is 17.3 Å². The van der Waals surface area contributed by atoms with Crippen LogP contribution in [0.4, 0.5) is 0 Å². The Morgan fingerprint density at radius 3 is 2.57 bits per heavy atom. The number of halogens is 2. The highest BCUT2D eigenvalue weighted by molar-refractivity contribution is 6.35. The van der Waals surface area contributed by atoms with Crippen molar-refractivity contribution in [3.05, 3.63) is 68.7 Å². The monoisotopic (exact) mass is 348 g/mol. The third kappa shape index (κ3) is 3.23. The standard InChI is InChI=1S/C18H18Cl2N2O/c1-21-18(23)12-5-3-11(4-6-12)15-9-22(2)10-16-14(15)7-13(19)8-17(16)20/h3-8,15H,9-10H2,1-2H3,(H,21,23). The number of hydrogen-bond donors (Lipinski definition) is 1. The summed E-state index contributed by atoms with van der Waals surface area (Å²) >= 11 is 12.6. The van der Waals surface area contributed by atoms with Crippen LogP contribution in [-0.4, -0.2) is 31.4 Å². The van der Waals surface area contributed by atoms with Gasteiger partial charge in [0.05, 0.1) is 0 Å². The quantitative estimate of drug-likeness (QED) is 0.891. The van der Waals surface area contributed by atoms with E-state index in [1.165, 1.54) is 5.56 Å². The van der Waals surface area contributed by atoms with Gasteiger partial charge in [-0.25, -0.2) is 0 Å². The van der Waals surface area contributed by atoms with Crippen LogP contribution in [0.2, 0.25) is 10.0 Å². The molecule has 0 saturated heterocycles. The summed E-state index contributed by atoms with van der Waals surface area (Å²) in [5.74, 6) is 0.113. The number of carbonyl (C=O) groups excluding carboxylic acids is 1. The molecule has 0 bridgehead atoms. The van der Waals surface area contributed by atoms with Gasteiger partial charge in [-0.3, -0.25) is 4.79 Å². The molecule has 1 atom stereocenters. The highest BCUT2D eigenvalue weighted by Crippen LogP contribution is 2.38. The molecule has 0 fully saturated rings. The van der Waals surface area contributed by atoms with E-state index in [-0.39, 0.29) is 11.8 Å². The number of carbonyl (C=O) groups is 1. The maximum Gasteiger partial charge on any atom is 0.251 e. The van der Waals surface area contributed by atoms with Gasteiger partial charge in [0.15, 0.2) is 0 Å². The molecule has 3 rings (SSSR count). The summed E-state index contributed by atoms with van der Waals surface area (Å²) in [6.45, 7) is 1.71. The molecule has 23 heavy (non-hydrogen) atoms. The third-order valence-electron chi connectivity index (χ3n) is 4.29. The zero-order valence-corrected chi connectivity index (χ0v) is 14.6. The third-order valence-corrected chi connectivity index (χ3v) is 4.85. The second kappa shape index (κ2) is 6.52. The van der Waals surface area contributed by atoms with Crippen molar-refractivity contribution in [2.45, 2.75) is 12.5 Å². The largest absolute Gasteiger partial charge is 0.355 e. The number of nitrogens with zero attached hydrogens (tertiary/aromatic N) is 1. The summed E-state index contributed by atoms with van der Waals surface area (Å²) in [5.41, 5.74) is 4.12. The lowest BCUT2D eigenvalue weighted by atomic mass is 9.84. The van der Waals surface area contributed by atoms with Gasteiger partial charge in [0.1, 0.15) is 0 Å². The molecule has 1 unspecified atom stereocenters. The summed E-state index contributed by atoms with van der Waals surface area (Å²) in [5, 5.41) is 4.01. The molecule has 1 aliphatic rings. The Morgan fingerprint density at radius 2 is 1.91 bits per heavy atom. The molecule has 0 spiro atoms. The Hall–Kier alpha value is -1.55. The lowest BCUT2D eigenvalue weighted by Crippen LogP contribution is -2.31. The first kappa shape index (κ1) is 16.3. The van der Waals surface area contributed by atoms with Crippen LogP contribution >= 0.6 is 23.2 Å². The van der Waals surface area contributed by atoms with E-state index in [0.29, 0.717) is 15.6 Å². The number of benzene rings is 2. The lowest BCUT2D eigenvalue weighted by molar-refractivity contribution is 0.0963. The second-order valence-corrected chi connectivity index (χ2v) is 6.75. The number of rotatable bonds is 2. The zero-order valence-electron chi connectivity index (χ0n) is 13.1. The molecule has 0 radical (unpaired) electrons. The van der Waals surface area contributed by atoms with Crippen molar-refractivity contribution in [3.63, 3.8) is 0 Å². The molecule has 2 aromatic rings. The second-order valence-electron chi connectivity index (χ2n) is 5.91. The maximum atomic E-state index is 11.7. The highest BCUT2D eigenvalue weighted by Gasteiger charge is 2.27. The van der Waals surface area contributed by atoms with Gasteiger partial charge in [0, 0.05) is 41.7 Å². The molecule has 2 aromatic carbocycles. The van der Waals surface area contributed by atoms with Gasteiger partial charge >= 0.3 is 0 Å². The number of likely N-dealkylation sites (N-methyl/N-ethyl adjacent to an activating group) is 1. The van der Waals surface area contributed by atoms with E-state index in [9.17, 15) is 4.79 Å². The van der Waals surface area contributed by atoms with Crippen molar-refractivity contribution in [2.75, 3.05) is 20.6 Å². The summed E-state index contributed by atoms with van der Waals surface area (Å²) in [7, 11) is 3.71. The Bertz CT molecular complexity index is 743. The summed E-state index contributed by atoms with van der Waals surface area (Å²) < 4.78 is 0. The lowest BCUT2D eigenvalue weighted by Gasteiger charge is -2.33. The molecular weight excluding hydrogens is 331 g/mol. The van der Waals surface area contributed by atoms with E-state index in [4.69, 9.17) is 23.2 Å². The fourth-order valence-electron chi connectivity index (χ4n) is 3.14. The van der Waals surface area contributed by atoms with Crippen LogP contribution in [0.3, 0.4) is 0 Å². The molecule has 0 saturated carbocycles. The van der Waals surface area contributed by atoms with E-state index in [1.54, 1.807) is 13.1 Å². The molecule has 3 nitrogen and oxygen atoms in total. The molecule has 0 aromatic heterocycles. The van der Waals surface area contributed by atoms with Crippen molar-refractivity contribution in [3.8, 4) is 0 Å². The van der Waals surface area contributed by atoms with Crippen LogP contribution in [0.15, 0.2) is 36.4 Å². The zero-order chi connectivity index (χ0) is 16.6. The number of nitrogens with one attached hydrogen (secondary N) is 1. The van der Waals surface area contributed by atoms with Crippen molar-refractivity contribution >= 4 is 29.1 Å². The first-order chi connectivity index (χ1) is 11.0. The molecule has 0 aliphatic carbocycles. The first-order valence-corrected chi connectivity index (χ1v) is 8.23. The van der Waals surface area contributed by atoms with Crippen molar-refractivity contribution in [1.29, 1.82) is 0 Å². The van der Waals surface area contributed by atoms with Crippen LogP contribution in [-0.2, 0) is 6.54 Å². The minimum atomic E-state index is -0.0798.